The van der Waals surface area contributed by atoms with E-state index in [0.29, 0.717) is 0 Å². The molecule has 6 nitrogen and oxygen atoms in total. The summed E-state index contributed by atoms with van der Waals surface area (Å²) in [5.74, 6) is -1.39. The van der Waals surface area contributed by atoms with E-state index in [2.05, 4.69) is 0 Å². The van der Waals surface area contributed by atoms with E-state index in [4.69, 9.17) is 20.1 Å². The van der Waals surface area contributed by atoms with Gasteiger partial charge in [0, 0.05) is 20.1 Å². The summed E-state index contributed by atoms with van der Waals surface area (Å²) in [5.41, 5.74) is 0. The molecule has 12 heavy (non-hydrogen) atoms. The smallest absolute Gasteiger partial charge is 0.345 e. The molecule has 0 aromatic carbocycles. The van der Waals surface area contributed by atoms with Crippen LogP contribution in [0.5, 0.6) is 0 Å². The lowest BCUT2D eigenvalue weighted by molar-refractivity contribution is -0.393. The first-order valence-electron chi connectivity index (χ1n) is 3.57. The molecular formula is C6H13NO5. The molecule has 0 saturated carbocycles. The minimum Gasteiger partial charge on any atom is -0.364 e. The van der Waals surface area contributed by atoms with Crippen LogP contribution in [-0.4, -0.2) is 57.4 Å². The number of nitrogens with zero attached hydrogens (tertiary/aromatic N) is 1. The molecule has 0 bridgehead atoms. The second-order valence-corrected chi connectivity index (χ2v) is 2.92. The molecule has 72 valence electrons. The standard InChI is InChI=1S/C6H13NO5/c1-12-5(8)2-3-7(4-5)6(9,10)11/h8-11H,2-4H2,1H3. The minimum atomic E-state index is -2.87. The number of ether oxygens (including phenoxy) is 1. The number of β-amino-alcohol motifs (C(OH)–C–C–N with tert-alkyl or cyclic N) is 1. The van der Waals surface area contributed by atoms with Crippen molar-refractivity contribution in [1.29, 1.82) is 0 Å². The molecule has 1 aliphatic rings. The highest BCUT2D eigenvalue weighted by Gasteiger charge is 2.44. The maximum Gasteiger partial charge on any atom is 0.345 e. The van der Waals surface area contributed by atoms with Gasteiger partial charge in [-0.15, -0.1) is 0 Å². The number of hydrogen-bond donors (Lipinski definition) is 4. The van der Waals surface area contributed by atoms with Gasteiger partial charge in [0.2, 0.25) is 0 Å². The molecule has 0 aromatic rings. The summed E-state index contributed by atoms with van der Waals surface area (Å²) < 4.78 is 4.70. The van der Waals surface area contributed by atoms with Gasteiger partial charge >= 0.3 is 6.10 Å². The van der Waals surface area contributed by atoms with E-state index in [1.54, 1.807) is 0 Å². The highest BCUT2D eigenvalue weighted by atomic mass is 16.7. The van der Waals surface area contributed by atoms with E-state index >= 15 is 0 Å². The second-order valence-electron chi connectivity index (χ2n) is 2.92. The normalized spacial score (nSPS) is 32.8. The molecule has 1 heterocycles. The average molecular weight is 179 g/mol. The van der Waals surface area contributed by atoms with Crippen molar-refractivity contribution in [2.45, 2.75) is 18.3 Å². The molecule has 0 aromatic heterocycles. The Morgan fingerprint density at radius 1 is 1.42 bits per heavy atom. The van der Waals surface area contributed by atoms with Crippen LogP contribution in [0.2, 0.25) is 0 Å². The molecule has 1 rings (SSSR count). The molecule has 0 amide bonds. The maximum absolute atomic E-state index is 9.44. The van der Waals surface area contributed by atoms with Crippen LogP contribution in [0, 0.1) is 0 Å². The first kappa shape index (κ1) is 9.85. The van der Waals surface area contributed by atoms with Gasteiger partial charge in [0.1, 0.15) is 0 Å². The van der Waals surface area contributed by atoms with Gasteiger partial charge in [-0.1, -0.05) is 0 Å². The quantitative estimate of drug-likeness (QED) is 0.354. The van der Waals surface area contributed by atoms with Crippen LogP contribution in [0.1, 0.15) is 6.42 Å². The lowest BCUT2D eigenvalue weighted by Crippen LogP contribution is -2.49. The Morgan fingerprint density at radius 2 is 2.00 bits per heavy atom. The fourth-order valence-corrected chi connectivity index (χ4v) is 1.19. The fraction of sp³-hybridized carbons (Fsp3) is 1.00. The van der Waals surface area contributed by atoms with Gasteiger partial charge in [-0.25, -0.2) is 4.90 Å². The Balaban J connectivity index is 2.57. The van der Waals surface area contributed by atoms with Gasteiger partial charge in [0.25, 0.3) is 0 Å². The zero-order valence-corrected chi connectivity index (χ0v) is 6.77. The Labute approximate surface area is 69.6 Å². The molecule has 0 radical (unpaired) electrons. The Kier molecular flexibility index (Phi) is 2.39. The molecule has 1 aliphatic heterocycles. The van der Waals surface area contributed by atoms with Crippen molar-refractivity contribution in [3.63, 3.8) is 0 Å². The summed E-state index contributed by atoms with van der Waals surface area (Å²) in [5, 5.41) is 35.6. The SMILES string of the molecule is COC1(O)CCN(C(O)(O)O)C1. The zero-order chi connectivity index (χ0) is 9.41. The minimum absolute atomic E-state index is 0.132. The topological polar surface area (TPSA) is 93.4 Å². The van der Waals surface area contributed by atoms with Crippen molar-refractivity contribution in [3.05, 3.63) is 0 Å². The van der Waals surface area contributed by atoms with Crippen LogP contribution >= 0.6 is 0 Å². The monoisotopic (exact) mass is 179 g/mol. The molecule has 4 N–H and O–H groups in total. The van der Waals surface area contributed by atoms with Gasteiger partial charge in [-0.3, -0.25) is 0 Å². The Morgan fingerprint density at radius 3 is 2.25 bits per heavy atom. The number of aliphatic hydroxyl groups is 4. The molecule has 1 atom stereocenters. The summed E-state index contributed by atoms with van der Waals surface area (Å²) >= 11 is 0. The van der Waals surface area contributed by atoms with E-state index < -0.39 is 11.9 Å². The highest BCUT2D eigenvalue weighted by Crippen LogP contribution is 2.24. The lowest BCUT2D eigenvalue weighted by atomic mass is 10.2. The van der Waals surface area contributed by atoms with Crippen molar-refractivity contribution < 1.29 is 25.2 Å². The van der Waals surface area contributed by atoms with Crippen LogP contribution in [0.4, 0.5) is 0 Å². The largest absolute Gasteiger partial charge is 0.364 e. The van der Waals surface area contributed by atoms with Crippen LogP contribution in [0.3, 0.4) is 0 Å². The molecule has 1 fully saturated rings. The number of rotatable bonds is 2. The van der Waals surface area contributed by atoms with Crippen LogP contribution in [0.25, 0.3) is 0 Å². The van der Waals surface area contributed by atoms with Crippen molar-refractivity contribution in [3.8, 4) is 0 Å². The van der Waals surface area contributed by atoms with Gasteiger partial charge < -0.3 is 25.2 Å². The summed E-state index contributed by atoms with van der Waals surface area (Å²) in [6.45, 7) is 0.0286. The summed E-state index contributed by atoms with van der Waals surface area (Å²) in [6.07, 6.45) is -2.64. The third-order valence-electron chi connectivity index (χ3n) is 2.01. The first-order valence-corrected chi connectivity index (χ1v) is 3.57. The molecule has 0 spiro atoms. The summed E-state index contributed by atoms with van der Waals surface area (Å²) in [6, 6.07) is 0. The molecule has 1 unspecified atom stereocenters. The van der Waals surface area contributed by atoms with Gasteiger partial charge in [-0.2, -0.15) is 0 Å². The molecule has 1 saturated heterocycles. The maximum atomic E-state index is 9.44. The Bertz CT molecular complexity index is 168. The molecular weight excluding hydrogens is 166 g/mol. The predicted octanol–water partition coefficient (Wildman–Crippen LogP) is -2.38. The summed E-state index contributed by atoms with van der Waals surface area (Å²) in [4.78, 5) is 0.899. The highest BCUT2D eigenvalue weighted by molar-refractivity contribution is 4.82. The summed E-state index contributed by atoms with van der Waals surface area (Å²) in [7, 11) is 1.32. The number of hydrogen-bond acceptors (Lipinski definition) is 6. The number of likely N-dealkylation sites (tertiary alicyclic amines) is 1. The predicted molar refractivity (Wildman–Crippen MR) is 37.5 cm³/mol. The van der Waals surface area contributed by atoms with E-state index in [9.17, 15) is 5.11 Å². The van der Waals surface area contributed by atoms with Crippen LogP contribution < -0.4 is 0 Å². The van der Waals surface area contributed by atoms with Crippen LogP contribution in [0.15, 0.2) is 0 Å². The molecule has 0 aliphatic carbocycles. The van der Waals surface area contributed by atoms with Gasteiger partial charge in [-0.05, 0) is 0 Å². The third kappa shape index (κ3) is 1.92. The molecule has 6 heteroatoms. The lowest BCUT2D eigenvalue weighted by Gasteiger charge is -2.27. The van der Waals surface area contributed by atoms with Gasteiger partial charge in [0.15, 0.2) is 5.79 Å². The van der Waals surface area contributed by atoms with E-state index in [0.717, 1.165) is 4.90 Å². The van der Waals surface area contributed by atoms with E-state index in [1.165, 1.54) is 7.11 Å². The second kappa shape index (κ2) is 2.91. The van der Waals surface area contributed by atoms with Crippen molar-refractivity contribution >= 4 is 0 Å². The number of methoxy groups -OCH3 is 1. The Hall–Kier alpha value is -0.240. The van der Waals surface area contributed by atoms with E-state index in [1.807, 2.05) is 0 Å². The van der Waals surface area contributed by atoms with Gasteiger partial charge in [0.05, 0.1) is 6.54 Å². The van der Waals surface area contributed by atoms with Crippen LogP contribution in [-0.2, 0) is 4.74 Å². The fourth-order valence-electron chi connectivity index (χ4n) is 1.19. The zero-order valence-electron chi connectivity index (χ0n) is 6.77. The van der Waals surface area contributed by atoms with Crippen molar-refractivity contribution in [2.24, 2.45) is 0 Å². The third-order valence-corrected chi connectivity index (χ3v) is 2.01. The van der Waals surface area contributed by atoms with Crippen molar-refractivity contribution in [2.75, 3.05) is 20.2 Å². The first-order chi connectivity index (χ1) is 5.37. The van der Waals surface area contributed by atoms with Crippen molar-refractivity contribution in [1.82, 2.24) is 4.90 Å². The average Bonchev–Trinajstić information content (AvgIpc) is 2.32. The van der Waals surface area contributed by atoms with E-state index in [-0.39, 0.29) is 19.5 Å².